The number of nitrogens with zero attached hydrogens (tertiary/aromatic N) is 2. The van der Waals surface area contributed by atoms with Crippen molar-refractivity contribution in [2.75, 3.05) is 32.9 Å². The van der Waals surface area contributed by atoms with Gasteiger partial charge in [0.05, 0.1) is 19.6 Å². The molecule has 3 amide bonds. The van der Waals surface area contributed by atoms with Gasteiger partial charge in [0, 0.05) is 23.5 Å². The van der Waals surface area contributed by atoms with Gasteiger partial charge in [0.25, 0.3) is 0 Å². The van der Waals surface area contributed by atoms with Crippen LogP contribution in [-0.2, 0) is 35.0 Å². The van der Waals surface area contributed by atoms with E-state index in [1.807, 2.05) is 78.2 Å². The smallest absolute Gasteiger partial charge is 0.410 e. The molecule has 1 N–H and O–H groups in total. The van der Waals surface area contributed by atoms with Crippen molar-refractivity contribution >= 4 is 47.0 Å². The Bertz CT molecular complexity index is 1470. The SMILES string of the molecule is O=C(Cc1cccs1)N[C@@H]1C(=O)N2C(C(=O)OC(c3ccccc3)c3ccccc3)C(COC(=O)N3CCOCC3)=CS[C@H]12. The number of nitrogens with one attached hydrogen (secondary N) is 1. The Kier molecular flexibility index (Phi) is 9.29. The van der Waals surface area contributed by atoms with Crippen LogP contribution in [0.25, 0.3) is 0 Å². The van der Waals surface area contributed by atoms with Gasteiger partial charge in [-0.3, -0.25) is 9.59 Å². The van der Waals surface area contributed by atoms with E-state index in [4.69, 9.17) is 14.2 Å². The van der Waals surface area contributed by atoms with Crippen molar-refractivity contribution < 1.29 is 33.4 Å². The van der Waals surface area contributed by atoms with Crippen LogP contribution in [0.4, 0.5) is 4.79 Å². The largest absolute Gasteiger partial charge is 0.451 e. The number of fused-ring (bicyclic) bond motifs is 1. The summed E-state index contributed by atoms with van der Waals surface area (Å²) in [6, 6.07) is 20.5. The summed E-state index contributed by atoms with van der Waals surface area (Å²) in [5, 5.41) is 5.95. The third kappa shape index (κ3) is 6.52. The summed E-state index contributed by atoms with van der Waals surface area (Å²) in [5.74, 6) is -1.32. The molecule has 0 bridgehead atoms. The summed E-state index contributed by atoms with van der Waals surface area (Å²) in [4.78, 5) is 57.0. The summed E-state index contributed by atoms with van der Waals surface area (Å²) in [6.45, 7) is 1.47. The number of hydrogen-bond donors (Lipinski definition) is 1. The number of β-lactam (4-membered cyclic amide) rings is 1. The van der Waals surface area contributed by atoms with E-state index in [9.17, 15) is 19.2 Å². The molecule has 6 rings (SSSR count). The van der Waals surface area contributed by atoms with Gasteiger partial charge in [0.1, 0.15) is 18.0 Å². The van der Waals surface area contributed by atoms with Crippen LogP contribution in [0, 0.1) is 0 Å². The molecule has 2 saturated heterocycles. The fourth-order valence-corrected chi connectivity index (χ4v) is 7.27. The average molecular weight is 634 g/mol. The number of carbonyl (C=O) groups excluding carboxylic acids is 4. The predicted octanol–water partition coefficient (Wildman–Crippen LogP) is 3.74. The first-order valence-electron chi connectivity index (χ1n) is 14.3. The van der Waals surface area contributed by atoms with Crippen LogP contribution in [0.5, 0.6) is 0 Å². The lowest BCUT2D eigenvalue weighted by Gasteiger charge is -2.51. The van der Waals surface area contributed by atoms with Gasteiger partial charge >= 0.3 is 12.1 Å². The number of amides is 3. The second-order valence-corrected chi connectivity index (χ2v) is 12.5. The molecule has 0 radical (unpaired) electrons. The Labute approximate surface area is 262 Å². The Morgan fingerprint density at radius 2 is 1.64 bits per heavy atom. The van der Waals surface area contributed by atoms with Crippen LogP contribution in [0.1, 0.15) is 22.1 Å². The summed E-state index contributed by atoms with van der Waals surface area (Å²) >= 11 is 2.77. The summed E-state index contributed by atoms with van der Waals surface area (Å²) in [7, 11) is 0. The number of benzene rings is 2. The monoisotopic (exact) mass is 633 g/mol. The van der Waals surface area contributed by atoms with Gasteiger partial charge in [-0.2, -0.15) is 0 Å². The van der Waals surface area contributed by atoms with Crippen LogP contribution in [0.3, 0.4) is 0 Å². The zero-order valence-corrected chi connectivity index (χ0v) is 25.3. The Morgan fingerprint density at radius 3 is 2.27 bits per heavy atom. The van der Waals surface area contributed by atoms with E-state index in [0.29, 0.717) is 31.9 Å². The minimum atomic E-state index is -1.13. The van der Waals surface area contributed by atoms with E-state index in [1.54, 1.807) is 10.3 Å². The number of thioether (sulfide) groups is 1. The van der Waals surface area contributed by atoms with Crippen molar-refractivity contribution in [2.45, 2.75) is 30.0 Å². The van der Waals surface area contributed by atoms with Crippen LogP contribution in [0.15, 0.2) is 89.2 Å². The molecular weight excluding hydrogens is 603 g/mol. The van der Waals surface area contributed by atoms with E-state index in [1.165, 1.54) is 28.0 Å². The molecule has 3 aromatic rings. The normalized spacial score (nSPS) is 21.2. The molecule has 0 spiro atoms. The fraction of sp³-hybridized carbons (Fsp3) is 0.312. The first-order valence-corrected chi connectivity index (χ1v) is 16.1. The molecule has 12 heteroatoms. The molecule has 0 aliphatic carbocycles. The Morgan fingerprint density at radius 1 is 0.955 bits per heavy atom. The number of morpholine rings is 1. The number of thiophene rings is 1. The molecule has 1 unspecified atom stereocenters. The topological polar surface area (TPSA) is 114 Å². The highest BCUT2D eigenvalue weighted by atomic mass is 32.2. The molecule has 1 aromatic heterocycles. The molecule has 10 nitrogen and oxygen atoms in total. The molecule has 2 aromatic carbocycles. The quantitative estimate of drug-likeness (QED) is 0.280. The van der Waals surface area contributed by atoms with Crippen molar-refractivity contribution in [3.63, 3.8) is 0 Å². The van der Waals surface area contributed by atoms with E-state index in [0.717, 1.165) is 16.0 Å². The third-order valence-corrected chi connectivity index (χ3v) is 9.69. The molecule has 3 aliphatic heterocycles. The number of rotatable bonds is 9. The minimum Gasteiger partial charge on any atom is -0.451 e. The third-order valence-electron chi connectivity index (χ3n) is 7.59. The van der Waals surface area contributed by atoms with Crippen molar-refractivity contribution in [1.29, 1.82) is 0 Å². The highest BCUT2D eigenvalue weighted by Gasteiger charge is 2.56. The highest BCUT2D eigenvalue weighted by molar-refractivity contribution is 8.03. The van der Waals surface area contributed by atoms with Gasteiger partial charge in [0.2, 0.25) is 11.8 Å². The second-order valence-electron chi connectivity index (χ2n) is 10.5. The zero-order chi connectivity index (χ0) is 30.5. The lowest BCUT2D eigenvalue weighted by Crippen LogP contribution is -2.74. The minimum absolute atomic E-state index is 0.165. The Hall–Kier alpha value is -4.13. The lowest BCUT2D eigenvalue weighted by molar-refractivity contribution is -0.165. The fourth-order valence-electron chi connectivity index (χ4n) is 5.36. The van der Waals surface area contributed by atoms with Gasteiger partial charge in [-0.05, 0) is 28.0 Å². The van der Waals surface area contributed by atoms with Crippen molar-refractivity contribution in [1.82, 2.24) is 15.1 Å². The lowest BCUT2D eigenvalue weighted by atomic mass is 9.97. The second kappa shape index (κ2) is 13.7. The van der Waals surface area contributed by atoms with Crippen molar-refractivity contribution in [3.05, 3.63) is 105 Å². The molecule has 2 fully saturated rings. The molecule has 4 heterocycles. The molecular formula is C32H31N3O7S2. The van der Waals surface area contributed by atoms with Crippen molar-refractivity contribution in [2.24, 2.45) is 0 Å². The standard InChI is InChI=1S/C32H31N3O7S2/c36-25(18-24-12-7-17-43-24)33-26-29(37)35-27(23(20-44-30(26)35)19-41-32(39)34-13-15-40-16-14-34)31(38)42-28(21-8-3-1-4-9-21)22-10-5-2-6-11-22/h1-12,17,20,26-28,30H,13-16,18-19H2,(H,33,36)/t26-,27?,30-/m1/s1. The first kappa shape index (κ1) is 29.9. The molecule has 3 atom stereocenters. The first-order chi connectivity index (χ1) is 21.5. The van der Waals surface area contributed by atoms with Gasteiger partial charge in [-0.25, -0.2) is 9.59 Å². The van der Waals surface area contributed by atoms with Crippen molar-refractivity contribution in [3.8, 4) is 0 Å². The number of esters is 1. The van der Waals surface area contributed by atoms with Crippen LogP contribution < -0.4 is 5.32 Å². The van der Waals surface area contributed by atoms with Gasteiger partial charge in [0.15, 0.2) is 12.1 Å². The summed E-state index contributed by atoms with van der Waals surface area (Å²) in [6.07, 6.45) is -1.08. The predicted molar refractivity (Wildman–Crippen MR) is 165 cm³/mol. The Balaban J connectivity index is 1.23. The number of carbonyl (C=O) groups is 4. The van der Waals surface area contributed by atoms with Gasteiger partial charge in [-0.1, -0.05) is 66.7 Å². The highest BCUT2D eigenvalue weighted by Crippen LogP contribution is 2.41. The number of ether oxygens (including phenoxy) is 3. The molecule has 44 heavy (non-hydrogen) atoms. The average Bonchev–Trinajstić information content (AvgIpc) is 3.58. The summed E-state index contributed by atoms with van der Waals surface area (Å²) in [5.41, 5.74) is 1.97. The summed E-state index contributed by atoms with van der Waals surface area (Å²) < 4.78 is 17.1. The van der Waals surface area contributed by atoms with E-state index in [2.05, 4.69) is 5.32 Å². The molecule has 228 valence electrons. The van der Waals surface area contributed by atoms with Crippen LogP contribution in [-0.4, -0.2) is 84.0 Å². The van der Waals surface area contributed by atoms with E-state index < -0.39 is 41.5 Å². The van der Waals surface area contributed by atoms with E-state index >= 15 is 0 Å². The number of hydrogen-bond acceptors (Lipinski definition) is 9. The van der Waals surface area contributed by atoms with Crippen LogP contribution >= 0.6 is 23.1 Å². The van der Waals surface area contributed by atoms with Crippen LogP contribution in [0.2, 0.25) is 0 Å². The zero-order valence-electron chi connectivity index (χ0n) is 23.7. The van der Waals surface area contributed by atoms with Gasteiger partial charge < -0.3 is 29.3 Å². The molecule has 0 saturated carbocycles. The molecule has 3 aliphatic rings. The maximum atomic E-state index is 14.1. The van der Waals surface area contributed by atoms with Gasteiger partial charge in [-0.15, -0.1) is 23.1 Å². The van der Waals surface area contributed by atoms with E-state index in [-0.39, 0.29) is 18.9 Å². The maximum absolute atomic E-state index is 14.1. The maximum Gasteiger partial charge on any atom is 0.410 e.